The molecule has 0 aromatic heterocycles. The van der Waals surface area contributed by atoms with Crippen LogP contribution in [0, 0.1) is 0 Å². The van der Waals surface area contributed by atoms with Crippen LogP contribution in [0.15, 0.2) is 0 Å². The predicted molar refractivity (Wildman–Crippen MR) is 75.9 cm³/mol. The van der Waals surface area contributed by atoms with E-state index in [-0.39, 0.29) is 0 Å². The Morgan fingerprint density at radius 2 is 2.17 bits per heavy atom. The van der Waals surface area contributed by atoms with Crippen LogP contribution in [-0.2, 0) is 4.74 Å². The van der Waals surface area contributed by atoms with Crippen molar-refractivity contribution in [2.45, 2.75) is 24.9 Å². The van der Waals surface area contributed by atoms with E-state index in [0.29, 0.717) is 12.1 Å². The highest BCUT2D eigenvalue weighted by Crippen LogP contribution is 2.06. The molecule has 1 rings (SSSR count). The largest absolute Gasteiger partial charge is 0.383 e. The van der Waals surface area contributed by atoms with Crippen LogP contribution >= 0.6 is 0 Å². The van der Waals surface area contributed by atoms with Crippen LogP contribution in [0.25, 0.3) is 0 Å². The zero-order valence-corrected chi connectivity index (χ0v) is 12.2. The lowest BCUT2D eigenvalue weighted by Crippen LogP contribution is -2.55. The maximum absolute atomic E-state index is 5.57. The average Bonchev–Trinajstić information content (AvgIpc) is 2.36. The lowest BCUT2D eigenvalue weighted by atomic mass is 10.1. The summed E-state index contributed by atoms with van der Waals surface area (Å²) in [4.78, 5) is 4.84. The summed E-state index contributed by atoms with van der Waals surface area (Å²) in [5.41, 5.74) is 5.57. The monoisotopic (exact) mass is 258 g/mol. The summed E-state index contributed by atoms with van der Waals surface area (Å²) in [6, 6.07) is 1.03. The van der Waals surface area contributed by atoms with Crippen LogP contribution in [0.1, 0.15) is 12.8 Å². The first-order valence-corrected chi connectivity index (χ1v) is 6.98. The lowest BCUT2D eigenvalue weighted by Gasteiger charge is -2.38. The fourth-order valence-corrected chi connectivity index (χ4v) is 2.43. The van der Waals surface area contributed by atoms with Crippen molar-refractivity contribution in [2.75, 3.05) is 60.5 Å². The van der Waals surface area contributed by atoms with E-state index in [1.165, 1.54) is 6.54 Å². The third-order valence-corrected chi connectivity index (χ3v) is 3.75. The van der Waals surface area contributed by atoms with Gasteiger partial charge < -0.3 is 20.7 Å². The van der Waals surface area contributed by atoms with Crippen LogP contribution in [0.3, 0.4) is 0 Å². The molecule has 5 heteroatoms. The Morgan fingerprint density at radius 3 is 2.83 bits per heavy atom. The minimum atomic E-state index is 0.430. The van der Waals surface area contributed by atoms with E-state index in [1.807, 2.05) is 0 Å². The number of methoxy groups -OCH3 is 1. The van der Waals surface area contributed by atoms with Gasteiger partial charge in [-0.1, -0.05) is 0 Å². The Morgan fingerprint density at radius 1 is 1.39 bits per heavy atom. The Balaban J connectivity index is 2.30. The van der Waals surface area contributed by atoms with Crippen molar-refractivity contribution in [3.8, 4) is 0 Å². The molecule has 0 saturated carbocycles. The molecule has 2 unspecified atom stereocenters. The second-order valence-electron chi connectivity index (χ2n) is 5.39. The number of hydrogen-bond donors (Lipinski definition) is 2. The first kappa shape index (κ1) is 15.9. The molecule has 0 bridgehead atoms. The summed E-state index contributed by atoms with van der Waals surface area (Å²) >= 11 is 0. The van der Waals surface area contributed by atoms with E-state index in [1.54, 1.807) is 7.11 Å². The third kappa shape index (κ3) is 5.63. The van der Waals surface area contributed by atoms with Gasteiger partial charge in [-0.3, -0.25) is 4.90 Å². The molecular weight excluding hydrogens is 228 g/mol. The van der Waals surface area contributed by atoms with Crippen LogP contribution in [0.2, 0.25) is 0 Å². The standard InChI is InChI=1S/C13H30N4O/c1-16-7-8-17(2)13(10-16)9-15-12(11-18-3)5-4-6-14/h12-13,15H,4-11,14H2,1-3H3. The number of hydrogen-bond acceptors (Lipinski definition) is 5. The van der Waals surface area contributed by atoms with Crippen LogP contribution in [-0.4, -0.2) is 82.4 Å². The van der Waals surface area contributed by atoms with Crippen molar-refractivity contribution in [3.05, 3.63) is 0 Å². The summed E-state index contributed by atoms with van der Waals surface area (Å²) in [5.74, 6) is 0. The van der Waals surface area contributed by atoms with Crippen LogP contribution in [0.5, 0.6) is 0 Å². The molecule has 0 aromatic rings. The normalized spacial score (nSPS) is 24.3. The van der Waals surface area contributed by atoms with E-state index >= 15 is 0 Å². The van der Waals surface area contributed by atoms with Gasteiger partial charge in [-0.05, 0) is 33.5 Å². The van der Waals surface area contributed by atoms with Crippen molar-refractivity contribution in [1.82, 2.24) is 15.1 Å². The van der Waals surface area contributed by atoms with Crippen molar-refractivity contribution in [1.29, 1.82) is 0 Å². The predicted octanol–water partition coefficient (Wildman–Crippen LogP) is -0.424. The second kappa shape index (κ2) is 8.82. The molecule has 0 spiro atoms. The second-order valence-corrected chi connectivity index (χ2v) is 5.39. The molecule has 1 saturated heterocycles. The summed E-state index contributed by atoms with van der Waals surface area (Å²) in [5, 5.41) is 3.63. The highest BCUT2D eigenvalue weighted by atomic mass is 16.5. The third-order valence-electron chi connectivity index (χ3n) is 3.75. The first-order chi connectivity index (χ1) is 8.67. The molecule has 1 aliphatic rings. The lowest BCUT2D eigenvalue weighted by molar-refractivity contribution is 0.103. The maximum Gasteiger partial charge on any atom is 0.0615 e. The van der Waals surface area contributed by atoms with Gasteiger partial charge in [-0.25, -0.2) is 0 Å². The molecule has 0 radical (unpaired) electrons. The number of likely N-dealkylation sites (N-methyl/N-ethyl adjacent to an activating group) is 2. The smallest absolute Gasteiger partial charge is 0.0615 e. The maximum atomic E-state index is 5.57. The fraction of sp³-hybridized carbons (Fsp3) is 1.00. The number of piperazine rings is 1. The number of rotatable bonds is 8. The van der Waals surface area contributed by atoms with Crippen LogP contribution in [0.4, 0.5) is 0 Å². The van der Waals surface area contributed by atoms with Gasteiger partial charge in [-0.15, -0.1) is 0 Å². The van der Waals surface area contributed by atoms with Crippen molar-refractivity contribution in [2.24, 2.45) is 5.73 Å². The van der Waals surface area contributed by atoms with Crippen molar-refractivity contribution < 1.29 is 4.74 Å². The van der Waals surface area contributed by atoms with Gasteiger partial charge in [0.1, 0.15) is 0 Å². The van der Waals surface area contributed by atoms with Gasteiger partial charge in [0.05, 0.1) is 6.61 Å². The molecule has 18 heavy (non-hydrogen) atoms. The molecule has 1 fully saturated rings. The Kier molecular flexibility index (Phi) is 7.77. The fourth-order valence-electron chi connectivity index (χ4n) is 2.43. The molecular formula is C13H30N4O. The summed E-state index contributed by atoms with van der Waals surface area (Å²) in [6.45, 7) is 6.02. The highest BCUT2D eigenvalue weighted by Gasteiger charge is 2.22. The van der Waals surface area contributed by atoms with E-state index in [2.05, 4.69) is 29.2 Å². The SMILES string of the molecule is COCC(CCCN)NCC1CN(C)CCN1C. The highest BCUT2D eigenvalue weighted by molar-refractivity contribution is 4.81. The van der Waals surface area contributed by atoms with Gasteiger partial charge in [0.25, 0.3) is 0 Å². The zero-order valence-electron chi connectivity index (χ0n) is 12.2. The molecule has 1 aliphatic heterocycles. The molecule has 5 nitrogen and oxygen atoms in total. The minimum Gasteiger partial charge on any atom is -0.383 e. The van der Waals surface area contributed by atoms with Crippen LogP contribution < -0.4 is 11.1 Å². The van der Waals surface area contributed by atoms with Gasteiger partial charge in [0.2, 0.25) is 0 Å². The quantitative estimate of drug-likeness (QED) is 0.619. The summed E-state index contributed by atoms with van der Waals surface area (Å²) in [7, 11) is 6.17. The molecule has 0 amide bonds. The molecule has 3 N–H and O–H groups in total. The van der Waals surface area contributed by atoms with Gasteiger partial charge >= 0.3 is 0 Å². The molecule has 0 aliphatic carbocycles. The van der Waals surface area contributed by atoms with Crippen molar-refractivity contribution >= 4 is 0 Å². The topological polar surface area (TPSA) is 53.8 Å². The van der Waals surface area contributed by atoms with Gasteiger partial charge in [0, 0.05) is 45.4 Å². The van der Waals surface area contributed by atoms with Crippen molar-refractivity contribution in [3.63, 3.8) is 0 Å². The molecule has 0 aromatic carbocycles. The molecule has 2 atom stereocenters. The summed E-state index contributed by atoms with van der Waals surface area (Å²) in [6.07, 6.45) is 2.15. The summed E-state index contributed by atoms with van der Waals surface area (Å²) < 4.78 is 5.26. The number of nitrogens with two attached hydrogens (primary N) is 1. The Hall–Kier alpha value is -0.200. The average molecular weight is 258 g/mol. The number of ether oxygens (including phenoxy) is 1. The number of nitrogens with one attached hydrogen (secondary N) is 1. The Bertz CT molecular complexity index is 215. The van der Waals surface area contributed by atoms with E-state index in [4.69, 9.17) is 10.5 Å². The molecule has 108 valence electrons. The number of nitrogens with zero attached hydrogens (tertiary/aromatic N) is 2. The van der Waals surface area contributed by atoms with Gasteiger partial charge in [-0.2, -0.15) is 0 Å². The van der Waals surface area contributed by atoms with E-state index in [0.717, 1.165) is 45.6 Å². The van der Waals surface area contributed by atoms with Gasteiger partial charge in [0.15, 0.2) is 0 Å². The Labute approximate surface area is 112 Å². The molecule has 1 heterocycles. The zero-order chi connectivity index (χ0) is 13.4. The van der Waals surface area contributed by atoms with E-state index in [9.17, 15) is 0 Å². The minimum absolute atomic E-state index is 0.430. The van der Waals surface area contributed by atoms with E-state index < -0.39 is 0 Å². The first-order valence-electron chi connectivity index (χ1n) is 6.98.